The van der Waals surface area contributed by atoms with Gasteiger partial charge in [-0.05, 0) is 24.7 Å². The summed E-state index contributed by atoms with van der Waals surface area (Å²) in [6.45, 7) is 8.35. The van der Waals surface area contributed by atoms with Crippen molar-refractivity contribution >= 4 is 0 Å². The van der Waals surface area contributed by atoms with E-state index in [0.29, 0.717) is 18.1 Å². The van der Waals surface area contributed by atoms with Gasteiger partial charge in [-0.3, -0.25) is 4.90 Å². The zero-order chi connectivity index (χ0) is 13.0. The van der Waals surface area contributed by atoms with Gasteiger partial charge in [0.15, 0.2) is 0 Å². The van der Waals surface area contributed by atoms with E-state index in [0.717, 1.165) is 25.6 Å². The molecule has 0 aromatic rings. The predicted octanol–water partition coefficient (Wildman–Crippen LogP) is 2.00. The van der Waals surface area contributed by atoms with Crippen LogP contribution in [0.5, 0.6) is 0 Å². The molecule has 106 valence electrons. The van der Waals surface area contributed by atoms with E-state index in [-0.39, 0.29) is 0 Å². The summed E-state index contributed by atoms with van der Waals surface area (Å²) in [7, 11) is 0. The fourth-order valence-corrected chi connectivity index (χ4v) is 3.63. The molecule has 0 aromatic carbocycles. The Labute approximate surface area is 112 Å². The maximum Gasteiger partial charge on any atom is 0.0446 e. The summed E-state index contributed by atoms with van der Waals surface area (Å²) in [5, 5.41) is 12.9. The summed E-state index contributed by atoms with van der Waals surface area (Å²) in [6.07, 6.45) is 7.83. The van der Waals surface area contributed by atoms with E-state index < -0.39 is 0 Å². The fraction of sp³-hybridized carbons (Fsp3) is 1.00. The second-order valence-electron chi connectivity index (χ2n) is 6.93. The predicted molar refractivity (Wildman–Crippen MR) is 75.7 cm³/mol. The summed E-state index contributed by atoms with van der Waals surface area (Å²) >= 11 is 0. The first-order valence-corrected chi connectivity index (χ1v) is 7.70. The van der Waals surface area contributed by atoms with E-state index in [1.807, 2.05) is 0 Å². The Morgan fingerprint density at radius 2 is 1.94 bits per heavy atom. The van der Waals surface area contributed by atoms with Crippen LogP contribution in [0.4, 0.5) is 0 Å². The van der Waals surface area contributed by atoms with E-state index in [1.165, 1.54) is 38.6 Å². The summed E-state index contributed by atoms with van der Waals surface area (Å²) in [5.74, 6) is 0. The van der Waals surface area contributed by atoms with Crippen molar-refractivity contribution in [2.45, 2.75) is 64.5 Å². The lowest BCUT2D eigenvalue weighted by Crippen LogP contribution is -2.49. The first-order chi connectivity index (χ1) is 8.62. The number of nitrogens with zero attached hydrogens (tertiary/aromatic N) is 1. The molecule has 2 fully saturated rings. The van der Waals surface area contributed by atoms with Crippen LogP contribution in [0.1, 0.15) is 52.4 Å². The largest absolute Gasteiger partial charge is 0.396 e. The molecule has 1 heterocycles. The molecule has 1 aliphatic heterocycles. The molecule has 3 nitrogen and oxygen atoms in total. The Bertz CT molecular complexity index is 249. The lowest BCUT2D eigenvalue weighted by Gasteiger charge is -2.41. The van der Waals surface area contributed by atoms with Crippen molar-refractivity contribution in [2.75, 3.05) is 26.2 Å². The van der Waals surface area contributed by atoms with Crippen LogP contribution in [0.3, 0.4) is 0 Å². The van der Waals surface area contributed by atoms with Gasteiger partial charge in [0, 0.05) is 38.3 Å². The van der Waals surface area contributed by atoms with E-state index in [1.54, 1.807) is 0 Å². The topological polar surface area (TPSA) is 35.5 Å². The van der Waals surface area contributed by atoms with Crippen LogP contribution in [-0.2, 0) is 0 Å². The smallest absolute Gasteiger partial charge is 0.0446 e. The summed E-state index contributed by atoms with van der Waals surface area (Å²) in [5.41, 5.74) is 0.349. The van der Waals surface area contributed by atoms with Crippen molar-refractivity contribution in [3.63, 3.8) is 0 Å². The molecular weight excluding hydrogens is 224 g/mol. The molecule has 1 aliphatic carbocycles. The summed E-state index contributed by atoms with van der Waals surface area (Å²) in [4.78, 5) is 2.72. The van der Waals surface area contributed by atoms with Gasteiger partial charge >= 0.3 is 0 Å². The zero-order valence-corrected chi connectivity index (χ0v) is 12.1. The number of aliphatic hydroxyl groups excluding tert-OH is 1. The van der Waals surface area contributed by atoms with Gasteiger partial charge in [-0.15, -0.1) is 0 Å². The minimum atomic E-state index is 0.315. The molecule has 1 unspecified atom stereocenters. The molecule has 18 heavy (non-hydrogen) atoms. The number of aliphatic hydroxyl groups is 1. The van der Waals surface area contributed by atoms with Crippen molar-refractivity contribution in [3.8, 4) is 0 Å². The highest BCUT2D eigenvalue weighted by molar-refractivity contribution is 4.90. The van der Waals surface area contributed by atoms with Gasteiger partial charge in [-0.1, -0.05) is 33.1 Å². The van der Waals surface area contributed by atoms with Crippen LogP contribution in [0.2, 0.25) is 0 Å². The minimum absolute atomic E-state index is 0.315. The number of hydrogen-bond donors (Lipinski definition) is 2. The highest BCUT2D eigenvalue weighted by atomic mass is 16.3. The van der Waals surface area contributed by atoms with Crippen molar-refractivity contribution in [1.29, 1.82) is 0 Å². The zero-order valence-electron chi connectivity index (χ0n) is 12.1. The monoisotopic (exact) mass is 254 g/mol. The molecule has 1 atom stereocenters. The molecule has 1 saturated carbocycles. The van der Waals surface area contributed by atoms with Crippen LogP contribution < -0.4 is 5.32 Å². The maximum absolute atomic E-state index is 9.30. The Morgan fingerprint density at radius 3 is 2.61 bits per heavy atom. The molecule has 1 saturated heterocycles. The van der Waals surface area contributed by atoms with E-state index >= 15 is 0 Å². The van der Waals surface area contributed by atoms with Crippen LogP contribution in [0, 0.1) is 5.41 Å². The average molecular weight is 254 g/mol. The highest BCUT2D eigenvalue weighted by Gasteiger charge is 2.34. The first kappa shape index (κ1) is 14.3. The molecule has 2 rings (SSSR count). The third-order valence-electron chi connectivity index (χ3n) is 4.57. The standard InChI is InChI=1S/C15H30N2O/c1-15(2)11-16-10-14(8-9-18)17(12-15)13-6-4-3-5-7-13/h13-14,16,18H,3-12H2,1-2H3. The number of nitrogens with one attached hydrogen (secondary N) is 1. The molecule has 0 radical (unpaired) electrons. The van der Waals surface area contributed by atoms with Gasteiger partial charge in [0.2, 0.25) is 0 Å². The van der Waals surface area contributed by atoms with Crippen molar-refractivity contribution in [1.82, 2.24) is 10.2 Å². The normalized spacial score (nSPS) is 31.2. The Hall–Kier alpha value is -0.120. The fourth-order valence-electron chi connectivity index (χ4n) is 3.63. The van der Waals surface area contributed by atoms with Gasteiger partial charge < -0.3 is 10.4 Å². The first-order valence-electron chi connectivity index (χ1n) is 7.70. The molecule has 2 aliphatic rings. The Balaban J connectivity index is 2.07. The van der Waals surface area contributed by atoms with Gasteiger partial charge in [-0.25, -0.2) is 0 Å². The third kappa shape index (κ3) is 3.69. The molecule has 0 spiro atoms. The molecule has 0 amide bonds. The SMILES string of the molecule is CC1(C)CNCC(CCO)N(C2CCCCC2)C1. The van der Waals surface area contributed by atoms with Crippen molar-refractivity contribution in [2.24, 2.45) is 5.41 Å². The molecule has 0 aromatic heterocycles. The number of hydrogen-bond acceptors (Lipinski definition) is 3. The van der Waals surface area contributed by atoms with E-state index in [4.69, 9.17) is 0 Å². The third-order valence-corrected chi connectivity index (χ3v) is 4.57. The second kappa shape index (κ2) is 6.36. The van der Waals surface area contributed by atoms with E-state index in [9.17, 15) is 5.11 Å². The van der Waals surface area contributed by atoms with Crippen LogP contribution in [0.25, 0.3) is 0 Å². The maximum atomic E-state index is 9.30. The highest BCUT2D eigenvalue weighted by Crippen LogP contribution is 2.29. The lowest BCUT2D eigenvalue weighted by atomic mass is 9.88. The van der Waals surface area contributed by atoms with E-state index in [2.05, 4.69) is 24.1 Å². The van der Waals surface area contributed by atoms with Crippen molar-refractivity contribution < 1.29 is 5.11 Å². The number of rotatable bonds is 3. The molecule has 3 heteroatoms. The quantitative estimate of drug-likeness (QED) is 0.808. The average Bonchev–Trinajstić information content (AvgIpc) is 2.50. The second-order valence-corrected chi connectivity index (χ2v) is 6.93. The van der Waals surface area contributed by atoms with Crippen LogP contribution >= 0.6 is 0 Å². The van der Waals surface area contributed by atoms with Gasteiger partial charge in [0.25, 0.3) is 0 Å². The molecule has 2 N–H and O–H groups in total. The van der Waals surface area contributed by atoms with Gasteiger partial charge in [-0.2, -0.15) is 0 Å². The molecular formula is C15H30N2O. The summed E-state index contributed by atoms with van der Waals surface area (Å²) < 4.78 is 0. The lowest BCUT2D eigenvalue weighted by molar-refractivity contribution is 0.0677. The Kier molecular flexibility index (Phi) is 5.05. The van der Waals surface area contributed by atoms with Crippen LogP contribution in [0.15, 0.2) is 0 Å². The minimum Gasteiger partial charge on any atom is -0.396 e. The van der Waals surface area contributed by atoms with Gasteiger partial charge in [0.1, 0.15) is 0 Å². The van der Waals surface area contributed by atoms with Crippen LogP contribution in [-0.4, -0.2) is 48.3 Å². The van der Waals surface area contributed by atoms with Gasteiger partial charge in [0.05, 0.1) is 0 Å². The summed E-state index contributed by atoms with van der Waals surface area (Å²) in [6, 6.07) is 1.29. The Morgan fingerprint density at radius 1 is 1.22 bits per heavy atom. The van der Waals surface area contributed by atoms with Crippen molar-refractivity contribution in [3.05, 3.63) is 0 Å². The molecule has 0 bridgehead atoms.